The van der Waals surface area contributed by atoms with E-state index in [0.717, 1.165) is 0 Å². The highest BCUT2D eigenvalue weighted by atomic mass is 28.2. The summed E-state index contributed by atoms with van der Waals surface area (Å²) in [4.78, 5) is 0. The van der Waals surface area contributed by atoms with Gasteiger partial charge in [0.15, 0.2) is 0 Å². The molecule has 0 saturated heterocycles. The lowest BCUT2D eigenvalue weighted by molar-refractivity contribution is 1.37. The summed E-state index contributed by atoms with van der Waals surface area (Å²) in [7, 11) is 0.0409. The molecule has 0 aliphatic heterocycles. The smallest absolute Gasteiger partial charge is 0.0520 e. The molecule has 0 aliphatic carbocycles. The van der Waals surface area contributed by atoms with Crippen molar-refractivity contribution in [2.24, 2.45) is 0 Å². The lowest BCUT2D eigenvalue weighted by Gasteiger charge is -2.04. The molecule has 0 unspecified atom stereocenters. The van der Waals surface area contributed by atoms with Crippen molar-refractivity contribution in [3.8, 4) is 0 Å². The molecule has 0 radical (unpaired) electrons. The summed E-state index contributed by atoms with van der Waals surface area (Å²) in [6.45, 7) is 6.74. The summed E-state index contributed by atoms with van der Waals surface area (Å²) in [5.41, 5.74) is 2.95. The Labute approximate surface area is 65.1 Å². The van der Waals surface area contributed by atoms with E-state index in [9.17, 15) is 0 Å². The molecule has 0 amide bonds. The summed E-state index contributed by atoms with van der Waals surface area (Å²) in [6.07, 6.45) is 0. The summed E-state index contributed by atoms with van der Waals surface area (Å²) in [5, 5.41) is 1.61. The van der Waals surface area contributed by atoms with Gasteiger partial charge in [-0.15, -0.1) is 0 Å². The van der Waals surface area contributed by atoms with Gasteiger partial charge < -0.3 is 0 Å². The van der Waals surface area contributed by atoms with E-state index in [1.165, 1.54) is 11.1 Å². The first-order valence-corrected chi connectivity index (χ1v) is 5.93. The van der Waals surface area contributed by atoms with Crippen LogP contribution >= 0.6 is 0 Å². The molecule has 1 aromatic rings. The quantitative estimate of drug-likeness (QED) is 0.527. The largest absolute Gasteiger partial charge is 0.0708 e. The molecule has 0 N–H and O–H groups in total. The second-order valence-electron chi connectivity index (χ2n) is 2.71. The van der Waals surface area contributed by atoms with Crippen molar-refractivity contribution in [3.63, 3.8) is 0 Å². The fourth-order valence-electron chi connectivity index (χ4n) is 1.19. The van der Waals surface area contributed by atoms with Crippen molar-refractivity contribution in [1.82, 2.24) is 0 Å². The van der Waals surface area contributed by atoms with E-state index in [1.807, 2.05) is 0 Å². The van der Waals surface area contributed by atoms with Crippen LogP contribution < -0.4 is 5.19 Å². The average Bonchev–Trinajstić information content (AvgIpc) is 1.95. The van der Waals surface area contributed by atoms with Gasteiger partial charge in [-0.25, -0.2) is 0 Å². The van der Waals surface area contributed by atoms with Crippen molar-refractivity contribution in [2.75, 3.05) is 0 Å². The SMILES string of the molecule is C[SiH2]c1cccc(C)c1C. The minimum Gasteiger partial charge on any atom is -0.0708 e. The standard InChI is InChI=1S/C9H14Si/c1-7-5-4-6-9(10-3)8(7)2/h4-6H,10H2,1-3H3. The molecule has 0 saturated carbocycles. The number of rotatable bonds is 1. The van der Waals surface area contributed by atoms with Crippen LogP contribution in [0, 0.1) is 13.8 Å². The molecule has 10 heavy (non-hydrogen) atoms. The van der Waals surface area contributed by atoms with Gasteiger partial charge in [0.1, 0.15) is 0 Å². The van der Waals surface area contributed by atoms with Gasteiger partial charge in [-0.2, -0.15) is 0 Å². The zero-order valence-corrected chi connectivity index (χ0v) is 8.35. The number of hydrogen-bond donors (Lipinski definition) is 0. The van der Waals surface area contributed by atoms with E-state index in [4.69, 9.17) is 0 Å². The Balaban J connectivity index is 3.14. The van der Waals surface area contributed by atoms with Gasteiger partial charge in [0.25, 0.3) is 0 Å². The van der Waals surface area contributed by atoms with Gasteiger partial charge in [0.2, 0.25) is 0 Å². The van der Waals surface area contributed by atoms with Crippen molar-refractivity contribution in [1.29, 1.82) is 0 Å². The molecule has 1 heteroatoms. The van der Waals surface area contributed by atoms with E-state index in [2.05, 4.69) is 38.6 Å². The van der Waals surface area contributed by atoms with Crippen LogP contribution in [0.3, 0.4) is 0 Å². The number of hydrogen-bond acceptors (Lipinski definition) is 0. The van der Waals surface area contributed by atoms with Gasteiger partial charge in [0.05, 0.1) is 9.52 Å². The summed E-state index contributed by atoms with van der Waals surface area (Å²) >= 11 is 0. The first-order valence-electron chi connectivity index (χ1n) is 3.80. The van der Waals surface area contributed by atoms with Gasteiger partial charge in [-0.3, -0.25) is 0 Å². The molecule has 0 aliphatic rings. The fraction of sp³-hybridized carbons (Fsp3) is 0.333. The zero-order chi connectivity index (χ0) is 7.56. The molecule has 0 atom stereocenters. The Bertz CT molecular complexity index is 228. The Kier molecular flexibility index (Phi) is 2.28. The maximum absolute atomic E-state index is 2.34. The molecule has 54 valence electrons. The Hall–Kier alpha value is -0.563. The topological polar surface area (TPSA) is 0 Å². The van der Waals surface area contributed by atoms with Crippen LogP contribution in [-0.2, 0) is 0 Å². The molecule has 0 bridgehead atoms. The van der Waals surface area contributed by atoms with Crippen LogP contribution in [0.25, 0.3) is 0 Å². The second-order valence-corrected chi connectivity index (χ2v) is 4.18. The van der Waals surface area contributed by atoms with Crippen LogP contribution in [-0.4, -0.2) is 9.52 Å². The van der Waals surface area contributed by atoms with Gasteiger partial charge in [0, 0.05) is 0 Å². The van der Waals surface area contributed by atoms with Crippen LogP contribution in [0.4, 0.5) is 0 Å². The van der Waals surface area contributed by atoms with E-state index >= 15 is 0 Å². The van der Waals surface area contributed by atoms with Crippen molar-refractivity contribution < 1.29 is 0 Å². The number of aryl methyl sites for hydroxylation is 1. The average molecular weight is 150 g/mol. The lowest BCUT2D eigenvalue weighted by Crippen LogP contribution is -2.14. The summed E-state index contributed by atoms with van der Waals surface area (Å²) < 4.78 is 0. The monoisotopic (exact) mass is 150 g/mol. The Morgan fingerprint density at radius 2 is 1.90 bits per heavy atom. The molecule has 0 spiro atoms. The normalized spacial score (nSPS) is 11.1. The van der Waals surface area contributed by atoms with Crippen molar-refractivity contribution >= 4 is 14.7 Å². The Morgan fingerprint density at radius 1 is 1.20 bits per heavy atom. The third-order valence-corrected chi connectivity index (χ3v) is 3.63. The third-order valence-electron chi connectivity index (χ3n) is 2.10. The van der Waals surface area contributed by atoms with Crippen LogP contribution in [0.1, 0.15) is 11.1 Å². The highest BCUT2D eigenvalue weighted by Gasteiger charge is 1.95. The zero-order valence-electron chi connectivity index (χ0n) is 6.94. The van der Waals surface area contributed by atoms with Crippen LogP contribution in [0.2, 0.25) is 6.55 Å². The molecular formula is C9H14Si. The predicted molar refractivity (Wildman–Crippen MR) is 50.0 cm³/mol. The van der Waals surface area contributed by atoms with E-state index in [1.54, 1.807) is 5.19 Å². The van der Waals surface area contributed by atoms with E-state index in [-0.39, 0.29) is 9.52 Å². The summed E-state index contributed by atoms with van der Waals surface area (Å²) in [6, 6.07) is 6.60. The van der Waals surface area contributed by atoms with Gasteiger partial charge in [-0.1, -0.05) is 29.9 Å². The molecule has 1 rings (SSSR count). The molecular weight excluding hydrogens is 136 g/mol. The summed E-state index contributed by atoms with van der Waals surface area (Å²) in [5.74, 6) is 0. The van der Waals surface area contributed by atoms with Crippen molar-refractivity contribution in [2.45, 2.75) is 20.4 Å². The van der Waals surface area contributed by atoms with Gasteiger partial charge >= 0.3 is 0 Å². The van der Waals surface area contributed by atoms with Crippen LogP contribution in [0.15, 0.2) is 18.2 Å². The highest BCUT2D eigenvalue weighted by molar-refractivity contribution is 6.52. The third kappa shape index (κ3) is 1.29. The molecule has 0 heterocycles. The maximum atomic E-state index is 2.34. The number of benzene rings is 1. The van der Waals surface area contributed by atoms with Gasteiger partial charge in [-0.05, 0) is 25.0 Å². The minimum absolute atomic E-state index is 0.0409. The van der Waals surface area contributed by atoms with Crippen LogP contribution in [0.5, 0.6) is 0 Å². The highest BCUT2D eigenvalue weighted by Crippen LogP contribution is 2.01. The Morgan fingerprint density at radius 3 is 2.40 bits per heavy atom. The predicted octanol–water partition coefficient (Wildman–Crippen LogP) is 1.15. The lowest BCUT2D eigenvalue weighted by atomic mass is 10.1. The first kappa shape index (κ1) is 7.54. The first-order chi connectivity index (χ1) is 4.75. The second kappa shape index (κ2) is 3.02. The maximum Gasteiger partial charge on any atom is 0.0520 e. The molecule has 0 nitrogen and oxygen atoms in total. The van der Waals surface area contributed by atoms with E-state index < -0.39 is 0 Å². The molecule has 1 aromatic carbocycles. The fourth-order valence-corrected chi connectivity index (χ4v) is 2.38. The molecule has 0 fully saturated rings. The molecule has 0 aromatic heterocycles. The van der Waals surface area contributed by atoms with Crippen molar-refractivity contribution in [3.05, 3.63) is 29.3 Å². The van der Waals surface area contributed by atoms with E-state index in [0.29, 0.717) is 0 Å². The minimum atomic E-state index is 0.0409.